The van der Waals surface area contributed by atoms with E-state index in [9.17, 15) is 9.90 Å². The monoisotopic (exact) mass is 374 g/mol. The van der Waals surface area contributed by atoms with Crippen molar-refractivity contribution in [1.82, 2.24) is 4.98 Å². The second-order valence-electron chi connectivity index (χ2n) is 7.44. The molecule has 0 unspecified atom stereocenters. The van der Waals surface area contributed by atoms with E-state index in [1.54, 1.807) is 32.2 Å². The van der Waals surface area contributed by atoms with E-state index in [2.05, 4.69) is 34.6 Å². The van der Waals surface area contributed by atoms with E-state index in [4.69, 9.17) is 4.74 Å². The van der Waals surface area contributed by atoms with Gasteiger partial charge in [-0.15, -0.1) is 0 Å². The number of pyridine rings is 1. The lowest BCUT2D eigenvalue weighted by atomic mass is 9.98. The lowest BCUT2D eigenvalue weighted by molar-refractivity contribution is 0.0782. The van der Waals surface area contributed by atoms with Crippen LogP contribution in [0.15, 0.2) is 66.9 Å². The van der Waals surface area contributed by atoms with Gasteiger partial charge in [0, 0.05) is 17.7 Å². The molecule has 0 atom stereocenters. The number of nitrogens with zero attached hydrogens (tertiary/aromatic N) is 1. The lowest BCUT2D eigenvalue weighted by Gasteiger charge is -2.17. The minimum Gasteiger partial charge on any atom is -0.448 e. The molecule has 1 heterocycles. The number of hydrogen-bond donors (Lipinski definition) is 2. The number of anilines is 1. The molecule has 0 saturated carbocycles. The molecule has 0 radical (unpaired) electrons. The fraction of sp³-hybridized carbons (Fsp3) is 0.217. The molecule has 1 amide bonds. The number of carbonyl (C=O) groups excluding carboxylic acids is 1. The van der Waals surface area contributed by atoms with E-state index in [0.29, 0.717) is 11.4 Å². The minimum atomic E-state index is -0.977. The Morgan fingerprint density at radius 2 is 1.64 bits per heavy atom. The number of nitrogens with one attached hydrogen (secondary N) is 1. The Labute approximate surface area is 164 Å². The first-order valence-corrected chi connectivity index (χ1v) is 9.24. The summed E-state index contributed by atoms with van der Waals surface area (Å²) in [5.41, 5.74) is 4.42. The largest absolute Gasteiger partial charge is 0.448 e. The second kappa shape index (κ2) is 7.09. The van der Waals surface area contributed by atoms with Crippen molar-refractivity contribution in [3.05, 3.63) is 83.6 Å². The van der Waals surface area contributed by atoms with Crippen LogP contribution in [-0.4, -0.2) is 22.8 Å². The van der Waals surface area contributed by atoms with Crippen molar-refractivity contribution in [2.45, 2.75) is 25.4 Å². The van der Waals surface area contributed by atoms with Crippen molar-refractivity contribution >= 4 is 11.9 Å². The molecule has 3 aromatic rings. The third kappa shape index (κ3) is 3.49. The Hall–Kier alpha value is -3.18. The first kappa shape index (κ1) is 18.2. The fourth-order valence-electron chi connectivity index (χ4n) is 3.57. The zero-order valence-corrected chi connectivity index (χ0v) is 15.8. The average Bonchev–Trinajstić information content (AvgIpc) is 3.00. The molecule has 2 N–H and O–H groups in total. The quantitative estimate of drug-likeness (QED) is 0.696. The van der Waals surface area contributed by atoms with Crippen LogP contribution in [0.25, 0.3) is 11.1 Å². The van der Waals surface area contributed by atoms with E-state index in [-0.39, 0.29) is 12.5 Å². The summed E-state index contributed by atoms with van der Waals surface area (Å²) in [6.07, 6.45) is 0.990. The molecular weight excluding hydrogens is 352 g/mol. The molecule has 0 saturated heterocycles. The number of ether oxygens (including phenoxy) is 1. The lowest BCUT2D eigenvalue weighted by Crippen LogP contribution is -2.19. The summed E-state index contributed by atoms with van der Waals surface area (Å²) in [5, 5.41) is 12.6. The molecule has 0 bridgehead atoms. The van der Waals surface area contributed by atoms with Gasteiger partial charge in [-0.25, -0.2) is 9.78 Å². The molecule has 1 aliphatic rings. The van der Waals surface area contributed by atoms with Crippen LogP contribution in [0.3, 0.4) is 0 Å². The van der Waals surface area contributed by atoms with E-state index >= 15 is 0 Å². The summed E-state index contributed by atoms with van der Waals surface area (Å²) in [6, 6.07) is 19.8. The van der Waals surface area contributed by atoms with Crippen molar-refractivity contribution in [2.24, 2.45) is 0 Å². The fourth-order valence-corrected chi connectivity index (χ4v) is 3.57. The molecule has 1 aromatic heterocycles. The SMILES string of the molecule is CC(C)(O)c1ccc(NC(=O)OCC2c3ccccc3-c3ccccc32)nc1. The van der Waals surface area contributed by atoms with Gasteiger partial charge >= 0.3 is 6.09 Å². The zero-order chi connectivity index (χ0) is 19.7. The number of benzene rings is 2. The molecule has 28 heavy (non-hydrogen) atoms. The van der Waals surface area contributed by atoms with Crippen molar-refractivity contribution < 1.29 is 14.6 Å². The number of hydrogen-bond acceptors (Lipinski definition) is 4. The van der Waals surface area contributed by atoms with Crippen LogP contribution in [0.5, 0.6) is 0 Å². The Bertz CT molecular complexity index is 961. The van der Waals surface area contributed by atoms with E-state index in [1.165, 1.54) is 22.3 Å². The van der Waals surface area contributed by atoms with Crippen LogP contribution < -0.4 is 5.32 Å². The van der Waals surface area contributed by atoms with Crippen LogP contribution in [-0.2, 0) is 10.3 Å². The molecule has 5 nitrogen and oxygen atoms in total. The summed E-state index contributed by atoms with van der Waals surface area (Å²) in [6.45, 7) is 3.62. The van der Waals surface area contributed by atoms with Gasteiger partial charge in [0.1, 0.15) is 12.4 Å². The smallest absolute Gasteiger partial charge is 0.412 e. The number of aromatic nitrogens is 1. The molecule has 142 valence electrons. The predicted octanol–water partition coefficient (Wildman–Crippen LogP) is 4.67. The highest BCUT2D eigenvalue weighted by molar-refractivity contribution is 5.84. The topological polar surface area (TPSA) is 71.5 Å². The van der Waals surface area contributed by atoms with Crippen LogP contribution in [0.4, 0.5) is 10.6 Å². The Kier molecular flexibility index (Phi) is 4.61. The van der Waals surface area contributed by atoms with Crippen LogP contribution >= 0.6 is 0 Å². The molecule has 5 heteroatoms. The van der Waals surface area contributed by atoms with Gasteiger partial charge in [-0.2, -0.15) is 0 Å². The van der Waals surface area contributed by atoms with Crippen molar-refractivity contribution in [1.29, 1.82) is 0 Å². The van der Waals surface area contributed by atoms with E-state index < -0.39 is 11.7 Å². The summed E-state index contributed by atoms with van der Waals surface area (Å²) < 4.78 is 5.50. The van der Waals surface area contributed by atoms with Gasteiger partial charge in [0.25, 0.3) is 0 Å². The van der Waals surface area contributed by atoms with Gasteiger partial charge in [0.15, 0.2) is 0 Å². The van der Waals surface area contributed by atoms with Gasteiger partial charge in [-0.3, -0.25) is 5.32 Å². The molecule has 1 aliphatic carbocycles. The number of carbonyl (C=O) groups is 1. The van der Waals surface area contributed by atoms with Gasteiger partial charge in [-0.05, 0) is 42.2 Å². The first-order chi connectivity index (χ1) is 13.4. The van der Waals surface area contributed by atoms with Gasteiger partial charge in [0.2, 0.25) is 0 Å². The highest BCUT2D eigenvalue weighted by atomic mass is 16.5. The Morgan fingerprint density at radius 1 is 1.04 bits per heavy atom. The third-order valence-electron chi connectivity index (χ3n) is 5.04. The van der Waals surface area contributed by atoms with Crippen LogP contribution in [0.2, 0.25) is 0 Å². The van der Waals surface area contributed by atoms with Crippen molar-refractivity contribution in [2.75, 3.05) is 11.9 Å². The Morgan fingerprint density at radius 3 is 2.18 bits per heavy atom. The molecule has 4 rings (SSSR count). The zero-order valence-electron chi connectivity index (χ0n) is 15.8. The number of aliphatic hydroxyl groups is 1. The number of fused-ring (bicyclic) bond motifs is 3. The number of amides is 1. The predicted molar refractivity (Wildman–Crippen MR) is 108 cm³/mol. The normalized spacial score (nSPS) is 13.0. The summed E-state index contributed by atoms with van der Waals surface area (Å²) in [5.74, 6) is 0.397. The second-order valence-corrected chi connectivity index (χ2v) is 7.44. The van der Waals surface area contributed by atoms with Crippen molar-refractivity contribution in [3.8, 4) is 11.1 Å². The highest BCUT2D eigenvalue weighted by Gasteiger charge is 2.29. The van der Waals surface area contributed by atoms with Gasteiger partial charge in [-0.1, -0.05) is 54.6 Å². The maximum Gasteiger partial charge on any atom is 0.412 e. The van der Waals surface area contributed by atoms with Crippen molar-refractivity contribution in [3.63, 3.8) is 0 Å². The minimum absolute atomic E-state index is 0.0173. The maximum absolute atomic E-state index is 12.3. The molecule has 0 spiro atoms. The van der Waals surface area contributed by atoms with Crippen LogP contribution in [0, 0.1) is 0 Å². The molecule has 0 aliphatic heterocycles. The third-order valence-corrected chi connectivity index (χ3v) is 5.04. The summed E-state index contributed by atoms with van der Waals surface area (Å²) in [7, 11) is 0. The molecule has 0 fully saturated rings. The summed E-state index contributed by atoms with van der Waals surface area (Å²) >= 11 is 0. The summed E-state index contributed by atoms with van der Waals surface area (Å²) in [4.78, 5) is 16.4. The van der Waals surface area contributed by atoms with E-state index in [0.717, 1.165) is 0 Å². The Balaban J connectivity index is 1.44. The van der Waals surface area contributed by atoms with E-state index in [1.807, 2.05) is 24.3 Å². The standard InChI is InChI=1S/C23H22N2O3/c1-23(2,27)15-11-12-21(24-13-15)25-22(26)28-14-20-18-9-5-3-7-16(18)17-8-4-6-10-19(17)20/h3-13,20,27H,14H2,1-2H3,(H,24,25,26). The first-order valence-electron chi connectivity index (χ1n) is 9.24. The van der Waals surface area contributed by atoms with Gasteiger partial charge in [0.05, 0.1) is 5.60 Å². The molecular formula is C23H22N2O3. The average molecular weight is 374 g/mol. The molecule has 2 aromatic carbocycles. The number of rotatable bonds is 4. The highest BCUT2D eigenvalue weighted by Crippen LogP contribution is 2.44. The van der Waals surface area contributed by atoms with Gasteiger partial charge < -0.3 is 9.84 Å². The maximum atomic E-state index is 12.3. The van der Waals surface area contributed by atoms with Crippen LogP contribution in [0.1, 0.15) is 36.5 Å².